The molecule has 5 heteroatoms. The van der Waals surface area contributed by atoms with E-state index >= 15 is 0 Å². The third-order valence-corrected chi connectivity index (χ3v) is 2.01. The van der Waals surface area contributed by atoms with Crippen molar-refractivity contribution in [1.82, 2.24) is 5.32 Å². The molecule has 1 atom stereocenters. The van der Waals surface area contributed by atoms with Crippen LogP contribution in [0.1, 0.15) is 39.5 Å². The van der Waals surface area contributed by atoms with Gasteiger partial charge < -0.3 is 10.4 Å². The summed E-state index contributed by atoms with van der Waals surface area (Å²) in [5.41, 5.74) is 0. The zero-order valence-electron chi connectivity index (χ0n) is 9.69. The van der Waals surface area contributed by atoms with Crippen molar-refractivity contribution in [2.24, 2.45) is 5.92 Å². The Kier molecular flexibility index (Phi) is 6.93. The summed E-state index contributed by atoms with van der Waals surface area (Å²) in [6.45, 7) is 3.79. The van der Waals surface area contributed by atoms with E-state index in [0.717, 1.165) is 0 Å². The van der Waals surface area contributed by atoms with Crippen molar-refractivity contribution in [2.45, 2.75) is 45.6 Å². The second kappa shape index (κ2) is 7.69. The third-order valence-electron chi connectivity index (χ3n) is 2.01. The molecule has 2 N–H and O–H groups in total. The molecule has 0 spiro atoms. The molecular formula is C11H18N2O3. The van der Waals surface area contributed by atoms with Crippen LogP contribution in [-0.4, -0.2) is 23.0 Å². The summed E-state index contributed by atoms with van der Waals surface area (Å²) in [6, 6.07) is 1.07. The van der Waals surface area contributed by atoms with Crippen LogP contribution in [0, 0.1) is 17.2 Å². The predicted octanol–water partition coefficient (Wildman–Crippen LogP) is 1.30. The molecule has 0 radical (unpaired) electrons. The Balaban J connectivity index is 4.08. The second-order valence-electron chi connectivity index (χ2n) is 4.11. The lowest BCUT2D eigenvalue weighted by Crippen LogP contribution is -2.41. The third kappa shape index (κ3) is 6.82. The van der Waals surface area contributed by atoms with Crippen molar-refractivity contribution < 1.29 is 14.7 Å². The summed E-state index contributed by atoms with van der Waals surface area (Å²) >= 11 is 0. The molecule has 0 rings (SSSR count). The van der Waals surface area contributed by atoms with Crippen molar-refractivity contribution >= 4 is 11.9 Å². The Labute approximate surface area is 95.4 Å². The number of unbranched alkanes of at least 4 members (excludes halogenated alkanes) is 1. The van der Waals surface area contributed by atoms with Crippen LogP contribution in [-0.2, 0) is 9.59 Å². The van der Waals surface area contributed by atoms with Gasteiger partial charge in [0.15, 0.2) is 0 Å². The monoisotopic (exact) mass is 226 g/mol. The standard InChI is InChI=1S/C11H18N2O3/c1-8(2)7-10(14)13-9(11(15)16)5-3-4-6-12/h8-9H,3-5,7H2,1-2H3,(H,13,14)(H,15,16)/t9-/m0/s1. The van der Waals surface area contributed by atoms with E-state index < -0.39 is 12.0 Å². The number of hydrogen-bond donors (Lipinski definition) is 2. The molecule has 1 amide bonds. The molecule has 0 fully saturated rings. The van der Waals surface area contributed by atoms with Crippen LogP contribution in [0.15, 0.2) is 0 Å². The van der Waals surface area contributed by atoms with Gasteiger partial charge in [-0.3, -0.25) is 4.79 Å². The molecule has 0 saturated carbocycles. The summed E-state index contributed by atoms with van der Waals surface area (Å²) in [6.07, 6.45) is 1.41. The molecule has 16 heavy (non-hydrogen) atoms. The molecule has 0 aromatic heterocycles. The van der Waals surface area contributed by atoms with E-state index in [9.17, 15) is 9.59 Å². The van der Waals surface area contributed by atoms with Crippen molar-refractivity contribution in [1.29, 1.82) is 5.26 Å². The van der Waals surface area contributed by atoms with Crippen LogP contribution in [0.4, 0.5) is 0 Å². The van der Waals surface area contributed by atoms with Crippen molar-refractivity contribution in [3.63, 3.8) is 0 Å². The molecule has 0 unspecified atom stereocenters. The smallest absolute Gasteiger partial charge is 0.326 e. The maximum absolute atomic E-state index is 11.4. The predicted molar refractivity (Wildman–Crippen MR) is 58.5 cm³/mol. The SMILES string of the molecule is CC(C)CC(=O)N[C@@H](CCCC#N)C(=O)O. The number of carbonyl (C=O) groups is 2. The van der Waals surface area contributed by atoms with Crippen LogP contribution < -0.4 is 5.32 Å². The molecule has 5 nitrogen and oxygen atoms in total. The van der Waals surface area contributed by atoms with Gasteiger partial charge in [0.25, 0.3) is 0 Å². The lowest BCUT2D eigenvalue weighted by Gasteiger charge is -2.14. The average Bonchev–Trinajstić information content (AvgIpc) is 2.15. The Bertz CT molecular complexity index is 281. The fourth-order valence-corrected chi connectivity index (χ4v) is 1.27. The Morgan fingerprint density at radius 3 is 2.50 bits per heavy atom. The van der Waals surface area contributed by atoms with E-state index in [1.165, 1.54) is 0 Å². The van der Waals surface area contributed by atoms with Crippen molar-refractivity contribution in [3.8, 4) is 6.07 Å². The van der Waals surface area contributed by atoms with Crippen LogP contribution >= 0.6 is 0 Å². The van der Waals surface area contributed by atoms with E-state index in [4.69, 9.17) is 10.4 Å². The highest BCUT2D eigenvalue weighted by atomic mass is 16.4. The first-order chi connectivity index (χ1) is 7.47. The maximum Gasteiger partial charge on any atom is 0.326 e. The number of nitrogens with one attached hydrogen (secondary N) is 1. The van der Waals surface area contributed by atoms with Gasteiger partial charge in [0, 0.05) is 12.8 Å². The highest BCUT2D eigenvalue weighted by Crippen LogP contribution is 2.04. The summed E-state index contributed by atoms with van der Waals surface area (Å²) in [5, 5.41) is 19.7. The minimum Gasteiger partial charge on any atom is -0.480 e. The second-order valence-corrected chi connectivity index (χ2v) is 4.11. The molecule has 0 aliphatic heterocycles. The topological polar surface area (TPSA) is 90.2 Å². The normalized spacial score (nSPS) is 11.9. The zero-order chi connectivity index (χ0) is 12.6. The van der Waals surface area contributed by atoms with Gasteiger partial charge in [0.2, 0.25) is 5.91 Å². The lowest BCUT2D eigenvalue weighted by atomic mass is 10.1. The first kappa shape index (κ1) is 14.4. The minimum atomic E-state index is -1.05. The van der Waals surface area contributed by atoms with Gasteiger partial charge in [-0.05, 0) is 18.8 Å². The first-order valence-electron chi connectivity index (χ1n) is 5.36. The lowest BCUT2D eigenvalue weighted by molar-refractivity contribution is -0.142. The molecule has 90 valence electrons. The number of rotatable bonds is 7. The van der Waals surface area contributed by atoms with Gasteiger partial charge in [0.05, 0.1) is 6.07 Å². The van der Waals surface area contributed by atoms with Gasteiger partial charge in [-0.2, -0.15) is 5.26 Å². The van der Waals surface area contributed by atoms with Crippen molar-refractivity contribution in [2.75, 3.05) is 0 Å². The number of nitrogens with zero attached hydrogens (tertiary/aromatic N) is 1. The fourth-order valence-electron chi connectivity index (χ4n) is 1.27. The number of hydrogen-bond acceptors (Lipinski definition) is 3. The molecule has 0 bridgehead atoms. The van der Waals surface area contributed by atoms with Gasteiger partial charge in [0.1, 0.15) is 6.04 Å². The van der Waals surface area contributed by atoms with Gasteiger partial charge in [-0.25, -0.2) is 4.79 Å². The average molecular weight is 226 g/mol. The van der Waals surface area contributed by atoms with Crippen LogP contribution in [0.3, 0.4) is 0 Å². The van der Waals surface area contributed by atoms with Crippen LogP contribution in [0.5, 0.6) is 0 Å². The highest BCUT2D eigenvalue weighted by Gasteiger charge is 2.19. The number of aliphatic carboxylic acids is 1. The summed E-state index contributed by atoms with van der Waals surface area (Å²) in [7, 11) is 0. The van der Waals surface area contributed by atoms with Crippen molar-refractivity contribution in [3.05, 3.63) is 0 Å². The molecule has 0 heterocycles. The van der Waals surface area contributed by atoms with E-state index in [2.05, 4.69) is 5.32 Å². The van der Waals surface area contributed by atoms with Crippen LogP contribution in [0.25, 0.3) is 0 Å². The molecule has 0 aromatic carbocycles. The van der Waals surface area contributed by atoms with Gasteiger partial charge in [-0.15, -0.1) is 0 Å². The largest absolute Gasteiger partial charge is 0.480 e. The number of nitriles is 1. The van der Waals surface area contributed by atoms with E-state index in [1.807, 2.05) is 19.9 Å². The quantitative estimate of drug-likeness (QED) is 0.640. The number of carboxylic acid groups (broad SMARTS) is 1. The minimum absolute atomic E-state index is 0.202. The number of amides is 1. The molecule has 0 aromatic rings. The fraction of sp³-hybridized carbons (Fsp3) is 0.727. The summed E-state index contributed by atoms with van der Waals surface area (Å²) < 4.78 is 0. The summed E-state index contributed by atoms with van der Waals surface area (Å²) in [5.74, 6) is -1.09. The molecular weight excluding hydrogens is 208 g/mol. The Morgan fingerprint density at radius 1 is 1.44 bits per heavy atom. The zero-order valence-corrected chi connectivity index (χ0v) is 9.69. The molecule has 0 aliphatic rings. The van der Waals surface area contributed by atoms with Crippen LogP contribution in [0.2, 0.25) is 0 Å². The van der Waals surface area contributed by atoms with E-state index in [0.29, 0.717) is 25.7 Å². The Morgan fingerprint density at radius 2 is 2.06 bits per heavy atom. The Hall–Kier alpha value is -1.57. The summed E-state index contributed by atoms with van der Waals surface area (Å²) in [4.78, 5) is 22.2. The van der Waals surface area contributed by atoms with Gasteiger partial charge in [-0.1, -0.05) is 13.8 Å². The number of carbonyl (C=O) groups excluding carboxylic acids is 1. The number of carboxylic acids is 1. The van der Waals surface area contributed by atoms with E-state index in [1.54, 1.807) is 0 Å². The highest BCUT2D eigenvalue weighted by molar-refractivity contribution is 5.83. The van der Waals surface area contributed by atoms with E-state index in [-0.39, 0.29) is 11.8 Å². The first-order valence-corrected chi connectivity index (χ1v) is 5.36. The maximum atomic E-state index is 11.4. The molecule has 0 saturated heterocycles. The van der Waals surface area contributed by atoms with Gasteiger partial charge >= 0.3 is 5.97 Å². The molecule has 0 aliphatic carbocycles.